The van der Waals surface area contributed by atoms with Crippen LogP contribution in [0.15, 0.2) is 53.3 Å². The lowest BCUT2D eigenvalue weighted by Crippen LogP contribution is -2.34. The first-order chi connectivity index (χ1) is 17.9. The first-order valence-corrected chi connectivity index (χ1v) is 12.7. The molecule has 0 aliphatic heterocycles. The highest BCUT2D eigenvalue weighted by Gasteiger charge is 2.26. The molecule has 0 unspecified atom stereocenters. The van der Waals surface area contributed by atoms with Crippen molar-refractivity contribution in [3.8, 4) is 0 Å². The minimum absolute atomic E-state index is 0.0614. The van der Waals surface area contributed by atoms with Gasteiger partial charge in [0, 0.05) is 24.2 Å². The number of aromatic nitrogens is 5. The summed E-state index contributed by atoms with van der Waals surface area (Å²) < 4.78 is 6.61. The summed E-state index contributed by atoms with van der Waals surface area (Å²) in [6.45, 7) is 9.29. The Kier molecular flexibility index (Phi) is 8.45. The maximum atomic E-state index is 13.1. The Hall–Kier alpha value is -3.85. The first kappa shape index (κ1) is 26.2. The second kappa shape index (κ2) is 11.9. The Balaban J connectivity index is 1.69. The largest absolute Gasteiger partial charge is 0.465 e. The van der Waals surface area contributed by atoms with E-state index in [4.69, 9.17) is 4.74 Å². The molecule has 4 rings (SSSR count). The van der Waals surface area contributed by atoms with Gasteiger partial charge >= 0.3 is 5.97 Å². The van der Waals surface area contributed by atoms with Crippen LogP contribution in [-0.2, 0) is 29.0 Å². The van der Waals surface area contributed by atoms with Gasteiger partial charge in [-0.2, -0.15) is 0 Å². The number of carbonyl (C=O) groups excluding carboxylic acids is 1. The number of carbonyl (C=O) groups is 1. The molecule has 0 radical (unpaired) electrons. The Morgan fingerprint density at radius 3 is 2.68 bits per heavy atom. The van der Waals surface area contributed by atoms with Gasteiger partial charge in [0.1, 0.15) is 6.54 Å². The van der Waals surface area contributed by atoms with Gasteiger partial charge in [0.15, 0.2) is 5.82 Å². The van der Waals surface area contributed by atoms with E-state index in [-0.39, 0.29) is 18.1 Å². The van der Waals surface area contributed by atoms with E-state index in [1.165, 1.54) is 15.8 Å². The number of tetrazole rings is 1. The smallest absolute Gasteiger partial charge is 0.327 e. The van der Waals surface area contributed by atoms with Gasteiger partial charge in [-0.15, -0.1) is 5.10 Å². The van der Waals surface area contributed by atoms with Crippen molar-refractivity contribution in [3.63, 3.8) is 0 Å². The standard InChI is InChI=1S/C28H34N6O3/c1-5-25(27-30-31-32-34(27)18-26(35)37-6-2)33(14-13-21-10-8-7-9-20(21)4)17-23-16-22-15-19(3)11-12-24(22)29-28(23)36/h7-12,15-16,25H,5-6,13-14,17-18H2,1-4H3,(H,29,36)/t25-/m1/s1. The van der Waals surface area contributed by atoms with Crippen LogP contribution in [-0.4, -0.2) is 49.2 Å². The lowest BCUT2D eigenvalue weighted by atomic mass is 10.0. The Labute approximate surface area is 216 Å². The summed E-state index contributed by atoms with van der Waals surface area (Å²) in [5.74, 6) is 0.187. The fraction of sp³-hybridized carbons (Fsp3) is 0.393. The molecule has 2 heterocycles. The van der Waals surface area contributed by atoms with E-state index in [2.05, 4.69) is 57.5 Å². The topological polar surface area (TPSA) is 106 Å². The van der Waals surface area contributed by atoms with Crippen LogP contribution in [0, 0.1) is 13.8 Å². The second-order valence-electron chi connectivity index (χ2n) is 9.29. The number of hydrogen-bond acceptors (Lipinski definition) is 7. The van der Waals surface area contributed by atoms with Crippen LogP contribution in [0.25, 0.3) is 10.9 Å². The van der Waals surface area contributed by atoms with Gasteiger partial charge in [-0.3, -0.25) is 14.5 Å². The molecule has 0 aliphatic carbocycles. The average molecular weight is 503 g/mol. The van der Waals surface area contributed by atoms with Crippen molar-refractivity contribution in [2.75, 3.05) is 13.2 Å². The maximum absolute atomic E-state index is 13.1. The predicted molar refractivity (Wildman–Crippen MR) is 142 cm³/mol. The third kappa shape index (κ3) is 6.29. The molecule has 0 amide bonds. The van der Waals surface area contributed by atoms with Crippen molar-refractivity contribution in [1.82, 2.24) is 30.1 Å². The van der Waals surface area contributed by atoms with Crippen molar-refractivity contribution in [3.05, 3.63) is 87.0 Å². The van der Waals surface area contributed by atoms with Gasteiger partial charge in [-0.1, -0.05) is 42.8 Å². The number of benzene rings is 2. The number of rotatable bonds is 11. The highest BCUT2D eigenvalue weighted by atomic mass is 16.5. The molecule has 4 aromatic rings. The molecule has 1 atom stereocenters. The number of pyridine rings is 1. The van der Waals surface area contributed by atoms with E-state index in [9.17, 15) is 9.59 Å². The quantitative estimate of drug-likeness (QED) is 0.310. The van der Waals surface area contributed by atoms with Crippen LogP contribution in [0.2, 0.25) is 0 Å². The van der Waals surface area contributed by atoms with E-state index in [0.29, 0.717) is 37.5 Å². The maximum Gasteiger partial charge on any atom is 0.327 e. The van der Waals surface area contributed by atoms with Crippen LogP contribution in [0.1, 0.15) is 54.4 Å². The average Bonchev–Trinajstić information content (AvgIpc) is 3.32. The minimum atomic E-state index is -0.390. The second-order valence-corrected chi connectivity index (χ2v) is 9.29. The number of fused-ring (bicyclic) bond motifs is 1. The number of aryl methyl sites for hydroxylation is 2. The van der Waals surface area contributed by atoms with Gasteiger partial charge in [0.25, 0.3) is 5.56 Å². The molecule has 2 aromatic heterocycles. The number of hydrogen-bond donors (Lipinski definition) is 1. The molecule has 0 saturated heterocycles. The summed E-state index contributed by atoms with van der Waals surface area (Å²) in [6.07, 6.45) is 1.49. The number of nitrogens with one attached hydrogen (secondary N) is 1. The zero-order valence-corrected chi connectivity index (χ0v) is 21.9. The Morgan fingerprint density at radius 2 is 1.92 bits per heavy atom. The lowest BCUT2D eigenvalue weighted by molar-refractivity contribution is -0.144. The minimum Gasteiger partial charge on any atom is -0.465 e. The van der Waals surface area contributed by atoms with Crippen LogP contribution in [0.4, 0.5) is 0 Å². The van der Waals surface area contributed by atoms with E-state index in [1.807, 2.05) is 37.3 Å². The molecule has 2 aromatic carbocycles. The monoisotopic (exact) mass is 502 g/mol. The SMILES string of the molecule is CCOC(=O)Cn1nnnc1[C@@H](CC)N(CCc1ccccc1C)Cc1cc2cc(C)ccc2[nH]c1=O. The van der Waals surface area contributed by atoms with E-state index < -0.39 is 5.97 Å². The zero-order chi connectivity index (χ0) is 26.4. The van der Waals surface area contributed by atoms with Crippen molar-refractivity contribution in [2.24, 2.45) is 0 Å². The highest BCUT2D eigenvalue weighted by molar-refractivity contribution is 5.79. The summed E-state index contributed by atoms with van der Waals surface area (Å²) in [5.41, 5.74) is 4.98. The highest BCUT2D eigenvalue weighted by Crippen LogP contribution is 2.25. The van der Waals surface area contributed by atoms with Crippen molar-refractivity contribution >= 4 is 16.9 Å². The molecular formula is C28H34N6O3. The molecule has 1 N–H and O–H groups in total. The van der Waals surface area contributed by atoms with E-state index >= 15 is 0 Å². The Morgan fingerprint density at radius 1 is 1.11 bits per heavy atom. The third-order valence-corrected chi connectivity index (χ3v) is 6.65. The number of H-pyrrole nitrogens is 1. The van der Waals surface area contributed by atoms with Crippen LogP contribution in [0.5, 0.6) is 0 Å². The van der Waals surface area contributed by atoms with E-state index in [0.717, 1.165) is 22.9 Å². The fourth-order valence-electron chi connectivity index (χ4n) is 4.70. The molecule has 9 nitrogen and oxygen atoms in total. The molecule has 0 spiro atoms. The van der Waals surface area contributed by atoms with Crippen molar-refractivity contribution < 1.29 is 9.53 Å². The summed E-state index contributed by atoms with van der Waals surface area (Å²) in [7, 11) is 0. The van der Waals surface area contributed by atoms with Crippen molar-refractivity contribution in [2.45, 2.75) is 59.7 Å². The van der Waals surface area contributed by atoms with Crippen molar-refractivity contribution in [1.29, 1.82) is 0 Å². The molecule has 0 fully saturated rings. The molecule has 0 aliphatic rings. The van der Waals surface area contributed by atoms with Gasteiger partial charge in [0.05, 0.1) is 12.6 Å². The number of nitrogens with zero attached hydrogens (tertiary/aromatic N) is 5. The summed E-state index contributed by atoms with van der Waals surface area (Å²) in [6, 6.07) is 16.1. The zero-order valence-electron chi connectivity index (χ0n) is 21.9. The number of esters is 1. The fourth-order valence-corrected chi connectivity index (χ4v) is 4.70. The molecule has 0 saturated carbocycles. The summed E-state index contributed by atoms with van der Waals surface area (Å²) >= 11 is 0. The number of ether oxygens (including phenoxy) is 1. The van der Waals surface area contributed by atoms with Gasteiger partial charge < -0.3 is 9.72 Å². The number of aromatic amines is 1. The molecule has 194 valence electrons. The molecular weight excluding hydrogens is 468 g/mol. The van der Waals surface area contributed by atoms with E-state index in [1.54, 1.807) is 6.92 Å². The molecule has 37 heavy (non-hydrogen) atoms. The normalized spacial score (nSPS) is 12.2. The Bertz CT molecular complexity index is 1430. The van der Waals surface area contributed by atoms with Gasteiger partial charge in [-0.05, 0) is 78.8 Å². The summed E-state index contributed by atoms with van der Waals surface area (Å²) in [4.78, 5) is 30.5. The predicted octanol–water partition coefficient (Wildman–Crippen LogP) is 3.89. The van der Waals surface area contributed by atoms with Crippen LogP contribution < -0.4 is 5.56 Å². The van der Waals surface area contributed by atoms with Crippen LogP contribution in [0.3, 0.4) is 0 Å². The van der Waals surface area contributed by atoms with Gasteiger partial charge in [-0.25, -0.2) is 4.68 Å². The lowest BCUT2D eigenvalue weighted by Gasteiger charge is -2.30. The summed E-state index contributed by atoms with van der Waals surface area (Å²) in [5, 5.41) is 13.2. The molecule has 0 bridgehead atoms. The molecule has 9 heteroatoms. The van der Waals surface area contributed by atoms with Gasteiger partial charge in [0.2, 0.25) is 0 Å². The van der Waals surface area contributed by atoms with Crippen LogP contribution >= 0.6 is 0 Å². The first-order valence-electron chi connectivity index (χ1n) is 12.7. The third-order valence-electron chi connectivity index (χ3n) is 6.65.